The van der Waals surface area contributed by atoms with E-state index in [0.29, 0.717) is 5.56 Å². The minimum atomic E-state index is -4.62. The fourth-order valence-corrected chi connectivity index (χ4v) is 2.41. The third-order valence-corrected chi connectivity index (χ3v) is 3.84. The summed E-state index contributed by atoms with van der Waals surface area (Å²) >= 11 is 0. The molecule has 1 atom stereocenters. The Labute approximate surface area is 109 Å². The van der Waals surface area contributed by atoms with Crippen molar-refractivity contribution in [3.05, 3.63) is 23.3 Å². The zero-order valence-electron chi connectivity index (χ0n) is 10.7. The molecule has 19 heavy (non-hydrogen) atoms. The van der Waals surface area contributed by atoms with Gasteiger partial charge < -0.3 is 15.6 Å². The minimum Gasteiger partial charge on any atom is -0.504 e. The van der Waals surface area contributed by atoms with Gasteiger partial charge >= 0.3 is 6.18 Å². The quantitative estimate of drug-likeness (QED) is 0.891. The summed E-state index contributed by atoms with van der Waals surface area (Å²) < 4.78 is 43.6. The Kier molecular flexibility index (Phi) is 3.16. The van der Waals surface area contributed by atoms with Crippen LogP contribution in [-0.4, -0.2) is 18.3 Å². The summed E-state index contributed by atoms with van der Waals surface area (Å²) in [5.74, 6) is -1.05. The van der Waals surface area contributed by atoms with Crippen LogP contribution < -0.4 is 10.5 Å². The van der Waals surface area contributed by atoms with E-state index < -0.39 is 22.9 Å². The van der Waals surface area contributed by atoms with Crippen LogP contribution in [0.15, 0.2) is 12.1 Å². The molecular formula is C13H16F3NO2. The van der Waals surface area contributed by atoms with Crippen molar-refractivity contribution in [2.45, 2.75) is 37.4 Å². The molecule has 1 unspecified atom stereocenters. The molecule has 1 aliphatic carbocycles. The van der Waals surface area contributed by atoms with Crippen LogP contribution in [0.25, 0.3) is 0 Å². The van der Waals surface area contributed by atoms with Crippen molar-refractivity contribution in [2.24, 2.45) is 5.73 Å². The van der Waals surface area contributed by atoms with Crippen LogP contribution in [0.2, 0.25) is 0 Å². The van der Waals surface area contributed by atoms with Crippen molar-refractivity contribution in [1.82, 2.24) is 0 Å². The number of hydrogen-bond acceptors (Lipinski definition) is 3. The van der Waals surface area contributed by atoms with E-state index in [1.165, 1.54) is 13.2 Å². The second kappa shape index (κ2) is 4.30. The van der Waals surface area contributed by atoms with E-state index in [9.17, 15) is 18.3 Å². The highest BCUT2D eigenvalue weighted by Gasteiger charge is 2.49. The zero-order valence-corrected chi connectivity index (χ0v) is 10.7. The topological polar surface area (TPSA) is 55.5 Å². The maximum absolute atomic E-state index is 12.9. The standard InChI is InChI=1S/C13H16F3NO2/c1-7(17)12(3-4-12)8-5-9(13(14,15)16)11(18)10(6-8)19-2/h5-7,18H,3-4,17H2,1-2H3. The Bertz CT molecular complexity index is 493. The van der Waals surface area contributed by atoms with Crippen molar-refractivity contribution in [2.75, 3.05) is 7.11 Å². The van der Waals surface area contributed by atoms with Crippen molar-refractivity contribution in [1.29, 1.82) is 0 Å². The van der Waals surface area contributed by atoms with Gasteiger partial charge in [-0.25, -0.2) is 0 Å². The second-order valence-electron chi connectivity index (χ2n) is 5.02. The smallest absolute Gasteiger partial charge is 0.420 e. The number of phenolic OH excluding ortho intramolecular Hbond substituents is 1. The molecule has 2 rings (SSSR count). The van der Waals surface area contributed by atoms with Gasteiger partial charge in [0, 0.05) is 11.5 Å². The molecule has 1 aromatic carbocycles. The molecule has 0 heterocycles. The molecule has 106 valence electrons. The van der Waals surface area contributed by atoms with E-state index in [-0.39, 0.29) is 11.8 Å². The van der Waals surface area contributed by atoms with Crippen molar-refractivity contribution in [3.8, 4) is 11.5 Å². The van der Waals surface area contributed by atoms with Crippen LogP contribution >= 0.6 is 0 Å². The largest absolute Gasteiger partial charge is 0.504 e. The highest BCUT2D eigenvalue weighted by atomic mass is 19.4. The Morgan fingerprint density at radius 3 is 2.32 bits per heavy atom. The summed E-state index contributed by atoms with van der Waals surface area (Å²) in [6.45, 7) is 1.78. The first-order valence-electron chi connectivity index (χ1n) is 5.96. The van der Waals surface area contributed by atoms with Gasteiger partial charge in [-0.3, -0.25) is 0 Å². The highest BCUT2D eigenvalue weighted by molar-refractivity contribution is 5.53. The van der Waals surface area contributed by atoms with E-state index in [1.54, 1.807) is 6.92 Å². The molecule has 1 fully saturated rings. The molecule has 0 saturated heterocycles. The summed E-state index contributed by atoms with van der Waals surface area (Å²) in [5, 5.41) is 9.60. The minimum absolute atomic E-state index is 0.170. The third-order valence-electron chi connectivity index (χ3n) is 3.84. The number of phenols is 1. The lowest BCUT2D eigenvalue weighted by Crippen LogP contribution is -2.31. The Morgan fingerprint density at radius 1 is 1.37 bits per heavy atom. The number of halogens is 3. The van der Waals surface area contributed by atoms with Gasteiger partial charge in [-0.15, -0.1) is 0 Å². The summed E-state index contributed by atoms with van der Waals surface area (Å²) in [6, 6.07) is 2.18. The van der Waals surface area contributed by atoms with Crippen LogP contribution in [0.3, 0.4) is 0 Å². The number of ether oxygens (including phenoxy) is 1. The van der Waals surface area contributed by atoms with Gasteiger partial charge in [-0.05, 0) is 37.5 Å². The second-order valence-corrected chi connectivity index (χ2v) is 5.02. The Hall–Kier alpha value is -1.43. The maximum atomic E-state index is 12.9. The molecule has 0 aromatic heterocycles. The Morgan fingerprint density at radius 2 is 1.95 bits per heavy atom. The lowest BCUT2D eigenvalue weighted by Gasteiger charge is -2.23. The normalized spacial score (nSPS) is 19.1. The molecule has 3 nitrogen and oxygen atoms in total. The van der Waals surface area contributed by atoms with E-state index in [0.717, 1.165) is 18.9 Å². The van der Waals surface area contributed by atoms with E-state index >= 15 is 0 Å². The van der Waals surface area contributed by atoms with Gasteiger partial charge in [-0.2, -0.15) is 13.2 Å². The van der Waals surface area contributed by atoms with Crippen LogP contribution in [0.5, 0.6) is 11.5 Å². The number of aromatic hydroxyl groups is 1. The van der Waals surface area contributed by atoms with Crippen LogP contribution in [0.4, 0.5) is 13.2 Å². The molecule has 6 heteroatoms. The average molecular weight is 275 g/mol. The van der Waals surface area contributed by atoms with Gasteiger partial charge in [0.2, 0.25) is 0 Å². The fraction of sp³-hybridized carbons (Fsp3) is 0.538. The van der Waals surface area contributed by atoms with Crippen LogP contribution in [-0.2, 0) is 11.6 Å². The third kappa shape index (κ3) is 2.25. The lowest BCUT2D eigenvalue weighted by atomic mass is 9.88. The number of hydrogen-bond donors (Lipinski definition) is 2. The summed E-state index contributed by atoms with van der Waals surface area (Å²) in [7, 11) is 1.23. The number of alkyl halides is 3. The SMILES string of the molecule is COc1cc(C2(C(C)N)CC2)cc(C(F)(F)F)c1O. The number of benzene rings is 1. The number of nitrogens with two attached hydrogens (primary N) is 1. The predicted octanol–water partition coefficient (Wildman–Crippen LogP) is 2.80. The first-order chi connectivity index (χ1) is 8.72. The van der Waals surface area contributed by atoms with Gasteiger partial charge in [-0.1, -0.05) is 0 Å². The highest BCUT2D eigenvalue weighted by Crippen LogP contribution is 2.53. The molecule has 0 amide bonds. The molecule has 0 bridgehead atoms. The predicted molar refractivity (Wildman–Crippen MR) is 64.2 cm³/mol. The number of methoxy groups -OCH3 is 1. The van der Waals surface area contributed by atoms with Gasteiger partial charge in [0.1, 0.15) is 5.56 Å². The van der Waals surface area contributed by atoms with Crippen molar-refractivity contribution < 1.29 is 23.0 Å². The molecule has 0 radical (unpaired) electrons. The monoisotopic (exact) mass is 275 g/mol. The summed E-state index contributed by atoms with van der Waals surface area (Å²) in [5.41, 5.74) is 4.84. The van der Waals surface area contributed by atoms with Crippen LogP contribution in [0, 0.1) is 0 Å². The summed E-state index contributed by atoms with van der Waals surface area (Å²) in [6.07, 6.45) is -3.13. The van der Waals surface area contributed by atoms with Crippen molar-refractivity contribution >= 4 is 0 Å². The van der Waals surface area contributed by atoms with Gasteiger partial charge in [0.15, 0.2) is 11.5 Å². The van der Waals surface area contributed by atoms with Crippen LogP contribution in [0.1, 0.15) is 30.9 Å². The van der Waals surface area contributed by atoms with E-state index in [2.05, 4.69) is 0 Å². The number of rotatable bonds is 3. The zero-order chi connectivity index (χ0) is 14.4. The van der Waals surface area contributed by atoms with Crippen molar-refractivity contribution in [3.63, 3.8) is 0 Å². The molecule has 1 aliphatic rings. The maximum Gasteiger partial charge on any atom is 0.420 e. The molecular weight excluding hydrogens is 259 g/mol. The average Bonchev–Trinajstić information content (AvgIpc) is 3.09. The molecule has 1 saturated carbocycles. The molecule has 3 N–H and O–H groups in total. The molecule has 0 aliphatic heterocycles. The first kappa shape index (κ1) is 14.0. The lowest BCUT2D eigenvalue weighted by molar-refractivity contribution is -0.139. The molecule has 0 spiro atoms. The fourth-order valence-electron chi connectivity index (χ4n) is 2.41. The van der Waals surface area contributed by atoms with E-state index in [1.807, 2.05) is 0 Å². The molecule has 1 aromatic rings. The summed E-state index contributed by atoms with van der Waals surface area (Å²) in [4.78, 5) is 0. The van der Waals surface area contributed by atoms with Gasteiger partial charge in [0.05, 0.1) is 7.11 Å². The first-order valence-corrected chi connectivity index (χ1v) is 5.96. The Balaban J connectivity index is 2.59. The van der Waals surface area contributed by atoms with Gasteiger partial charge in [0.25, 0.3) is 0 Å². The van der Waals surface area contributed by atoms with E-state index in [4.69, 9.17) is 10.5 Å².